The second-order valence-electron chi connectivity index (χ2n) is 5.16. The Kier molecular flexibility index (Phi) is 2.54. The third kappa shape index (κ3) is 1.67. The molecule has 0 saturated carbocycles. The summed E-state index contributed by atoms with van der Waals surface area (Å²) >= 11 is 6.42. The molecular weight excluding hydrogens is 258 g/mol. The molecule has 3 heteroatoms. The quantitative estimate of drug-likeness (QED) is 0.784. The second-order valence-corrected chi connectivity index (χ2v) is 5.57. The average Bonchev–Trinajstić information content (AvgIpc) is 2.84. The van der Waals surface area contributed by atoms with E-state index in [1.165, 1.54) is 5.56 Å². The molecule has 1 N–H and O–H groups in total. The lowest BCUT2D eigenvalue weighted by Crippen LogP contribution is -2.08. The lowest BCUT2D eigenvalue weighted by molar-refractivity contribution is 0.476. The smallest absolute Gasteiger partial charge is 0.132 e. The maximum Gasteiger partial charge on any atom is 0.132 e. The predicted octanol–water partition coefficient (Wildman–Crippen LogP) is 3.92. The molecule has 1 fully saturated rings. The minimum absolute atomic E-state index is 0.396. The highest BCUT2D eigenvalue weighted by Gasteiger charge is 2.37. The van der Waals surface area contributed by atoms with Crippen molar-refractivity contribution in [2.75, 3.05) is 13.1 Å². The predicted molar refractivity (Wildman–Crippen MR) is 76.3 cm³/mol. The third-order valence-electron chi connectivity index (χ3n) is 4.14. The summed E-state index contributed by atoms with van der Waals surface area (Å²) in [7, 11) is 0. The van der Waals surface area contributed by atoms with Crippen LogP contribution in [0.3, 0.4) is 0 Å². The molecule has 2 aromatic rings. The monoisotopic (exact) mass is 271 g/mol. The number of para-hydroxylation sites is 1. The van der Waals surface area contributed by atoms with Crippen LogP contribution in [0.1, 0.15) is 23.0 Å². The molecule has 2 nitrogen and oxygen atoms in total. The van der Waals surface area contributed by atoms with Crippen LogP contribution in [0, 0.1) is 0 Å². The maximum absolute atomic E-state index is 6.42. The molecule has 0 aromatic heterocycles. The fourth-order valence-corrected chi connectivity index (χ4v) is 3.58. The van der Waals surface area contributed by atoms with Gasteiger partial charge in [-0.2, -0.15) is 0 Å². The summed E-state index contributed by atoms with van der Waals surface area (Å²) < 4.78 is 6.11. The summed E-state index contributed by atoms with van der Waals surface area (Å²) in [5, 5.41) is 4.30. The Balaban J connectivity index is 1.97. The fraction of sp³-hybridized carbons (Fsp3) is 0.250. The molecule has 1 saturated heterocycles. The van der Waals surface area contributed by atoms with Crippen LogP contribution in [0.5, 0.6) is 11.5 Å². The first-order valence-electron chi connectivity index (χ1n) is 6.60. The molecule has 2 aliphatic rings. The standard InChI is InChI=1S/C16H14ClNO/c17-13-5-3-7-15-16(13)12-9-18-8-11(12)10-4-1-2-6-14(10)19-15/h1-7,11-12,18H,8-9H2/t11-,12+/m0/s1. The normalized spacial score (nSPS) is 23.8. The van der Waals surface area contributed by atoms with E-state index in [0.717, 1.165) is 35.2 Å². The van der Waals surface area contributed by atoms with Crippen LogP contribution in [-0.2, 0) is 0 Å². The van der Waals surface area contributed by atoms with Crippen molar-refractivity contribution < 1.29 is 4.74 Å². The molecule has 0 amide bonds. The molecule has 96 valence electrons. The fourth-order valence-electron chi connectivity index (χ4n) is 3.27. The van der Waals surface area contributed by atoms with E-state index in [1.807, 2.05) is 30.3 Å². The summed E-state index contributed by atoms with van der Waals surface area (Å²) in [5.41, 5.74) is 2.43. The Morgan fingerprint density at radius 1 is 0.947 bits per heavy atom. The Morgan fingerprint density at radius 2 is 1.74 bits per heavy atom. The van der Waals surface area contributed by atoms with E-state index in [0.29, 0.717) is 11.8 Å². The van der Waals surface area contributed by atoms with Crippen LogP contribution in [0.15, 0.2) is 42.5 Å². The highest BCUT2D eigenvalue weighted by molar-refractivity contribution is 6.31. The Bertz CT molecular complexity index is 640. The summed E-state index contributed by atoms with van der Waals surface area (Å²) in [4.78, 5) is 0. The molecule has 2 aromatic carbocycles. The zero-order chi connectivity index (χ0) is 12.8. The number of rotatable bonds is 0. The zero-order valence-electron chi connectivity index (χ0n) is 10.4. The van der Waals surface area contributed by atoms with E-state index in [9.17, 15) is 0 Å². The summed E-state index contributed by atoms with van der Waals surface area (Å²) in [6.07, 6.45) is 0. The molecule has 19 heavy (non-hydrogen) atoms. The van der Waals surface area contributed by atoms with Crippen molar-refractivity contribution in [3.8, 4) is 11.5 Å². The minimum Gasteiger partial charge on any atom is -0.457 e. The minimum atomic E-state index is 0.396. The molecular formula is C16H14ClNO. The van der Waals surface area contributed by atoms with Gasteiger partial charge in [0.05, 0.1) is 0 Å². The summed E-state index contributed by atoms with van der Waals surface area (Å²) in [6, 6.07) is 14.2. The highest BCUT2D eigenvalue weighted by Crippen LogP contribution is 2.49. The average molecular weight is 272 g/mol. The summed E-state index contributed by atoms with van der Waals surface area (Å²) in [5.74, 6) is 2.70. The van der Waals surface area contributed by atoms with Crippen molar-refractivity contribution >= 4 is 11.6 Å². The second kappa shape index (κ2) is 4.26. The SMILES string of the molecule is Clc1cccc2c1[C@@H]1CNC[C@H]1c1ccccc1O2. The van der Waals surface area contributed by atoms with Crippen LogP contribution in [0.4, 0.5) is 0 Å². The van der Waals surface area contributed by atoms with E-state index < -0.39 is 0 Å². The molecule has 0 bridgehead atoms. The van der Waals surface area contributed by atoms with Crippen molar-refractivity contribution in [3.63, 3.8) is 0 Å². The van der Waals surface area contributed by atoms with Gasteiger partial charge in [0.15, 0.2) is 0 Å². The lowest BCUT2D eigenvalue weighted by atomic mass is 9.84. The first kappa shape index (κ1) is 11.3. The summed E-state index contributed by atoms with van der Waals surface area (Å²) in [6.45, 7) is 1.94. The van der Waals surface area contributed by atoms with Gasteiger partial charge in [0.2, 0.25) is 0 Å². The van der Waals surface area contributed by atoms with Crippen molar-refractivity contribution in [1.29, 1.82) is 0 Å². The molecule has 0 radical (unpaired) electrons. The lowest BCUT2D eigenvalue weighted by Gasteiger charge is -2.18. The van der Waals surface area contributed by atoms with Gasteiger partial charge in [0, 0.05) is 35.5 Å². The van der Waals surface area contributed by atoms with Crippen LogP contribution < -0.4 is 10.1 Å². The van der Waals surface area contributed by atoms with Gasteiger partial charge >= 0.3 is 0 Å². The van der Waals surface area contributed by atoms with Gasteiger partial charge in [0.1, 0.15) is 11.5 Å². The van der Waals surface area contributed by atoms with E-state index in [4.69, 9.17) is 16.3 Å². The van der Waals surface area contributed by atoms with Gasteiger partial charge in [-0.05, 0) is 23.8 Å². The molecule has 2 aliphatic heterocycles. The van der Waals surface area contributed by atoms with Crippen LogP contribution >= 0.6 is 11.6 Å². The van der Waals surface area contributed by atoms with E-state index in [2.05, 4.69) is 17.4 Å². The van der Waals surface area contributed by atoms with E-state index in [1.54, 1.807) is 0 Å². The number of fused-ring (bicyclic) bond motifs is 5. The van der Waals surface area contributed by atoms with Crippen molar-refractivity contribution in [2.24, 2.45) is 0 Å². The molecule has 4 rings (SSSR count). The largest absolute Gasteiger partial charge is 0.457 e. The van der Waals surface area contributed by atoms with Gasteiger partial charge in [0.25, 0.3) is 0 Å². The topological polar surface area (TPSA) is 21.3 Å². The van der Waals surface area contributed by atoms with Crippen LogP contribution in [0.25, 0.3) is 0 Å². The zero-order valence-corrected chi connectivity index (χ0v) is 11.2. The number of ether oxygens (including phenoxy) is 1. The number of nitrogens with one attached hydrogen (secondary N) is 1. The first-order valence-corrected chi connectivity index (χ1v) is 6.98. The van der Waals surface area contributed by atoms with Crippen LogP contribution in [-0.4, -0.2) is 13.1 Å². The van der Waals surface area contributed by atoms with Gasteiger partial charge < -0.3 is 10.1 Å². The Hall–Kier alpha value is -1.51. The first-order chi connectivity index (χ1) is 9.34. The molecule has 0 unspecified atom stereocenters. The molecule has 0 aliphatic carbocycles. The van der Waals surface area contributed by atoms with Crippen LogP contribution in [0.2, 0.25) is 5.02 Å². The highest BCUT2D eigenvalue weighted by atomic mass is 35.5. The van der Waals surface area contributed by atoms with Crippen molar-refractivity contribution in [2.45, 2.75) is 11.8 Å². The van der Waals surface area contributed by atoms with E-state index in [-0.39, 0.29) is 0 Å². The molecule has 2 atom stereocenters. The van der Waals surface area contributed by atoms with Crippen molar-refractivity contribution in [1.82, 2.24) is 5.32 Å². The van der Waals surface area contributed by atoms with E-state index >= 15 is 0 Å². The number of hydrogen-bond donors (Lipinski definition) is 1. The van der Waals surface area contributed by atoms with Gasteiger partial charge in [-0.3, -0.25) is 0 Å². The third-order valence-corrected chi connectivity index (χ3v) is 4.47. The number of halogens is 1. The molecule has 2 heterocycles. The van der Waals surface area contributed by atoms with Crippen molar-refractivity contribution in [3.05, 3.63) is 58.6 Å². The Labute approximate surface area is 117 Å². The number of hydrogen-bond acceptors (Lipinski definition) is 2. The number of benzene rings is 2. The van der Waals surface area contributed by atoms with Gasteiger partial charge in [-0.15, -0.1) is 0 Å². The van der Waals surface area contributed by atoms with Gasteiger partial charge in [-0.25, -0.2) is 0 Å². The Morgan fingerprint density at radius 3 is 2.68 bits per heavy atom. The molecule has 0 spiro atoms. The maximum atomic E-state index is 6.42. The van der Waals surface area contributed by atoms with Gasteiger partial charge in [-0.1, -0.05) is 35.9 Å².